The molecule has 0 fully saturated rings. The zero-order valence-electron chi connectivity index (χ0n) is 18.3. The quantitative estimate of drug-likeness (QED) is 0.328. The topological polar surface area (TPSA) is 120 Å². The van der Waals surface area contributed by atoms with Crippen LogP contribution < -0.4 is 60.6 Å². The van der Waals surface area contributed by atoms with E-state index in [1.165, 1.54) is 56.8 Å². The van der Waals surface area contributed by atoms with Gasteiger partial charge in [0.15, 0.2) is 16.7 Å². The molecule has 0 saturated carbocycles. The number of halogens is 2. The van der Waals surface area contributed by atoms with Gasteiger partial charge in [0.25, 0.3) is 0 Å². The largest absolute Gasteiger partial charge is 1.00 e. The summed E-state index contributed by atoms with van der Waals surface area (Å²) in [7, 11) is -7.48. The van der Waals surface area contributed by atoms with E-state index in [1.807, 2.05) is 0 Å². The first-order valence-corrected chi connectivity index (χ1v) is 12.2. The number of rotatable bonds is 8. The van der Waals surface area contributed by atoms with Crippen LogP contribution in [0.5, 0.6) is 5.75 Å². The summed E-state index contributed by atoms with van der Waals surface area (Å²) >= 11 is 6.20. The first-order chi connectivity index (χ1) is 14.6. The van der Waals surface area contributed by atoms with E-state index < -0.39 is 23.6 Å². The van der Waals surface area contributed by atoms with E-state index >= 15 is 0 Å². The fourth-order valence-electron chi connectivity index (χ4n) is 2.79. The maximum absolute atomic E-state index is 14.2. The number of nitrogens with zero attached hydrogens (tertiary/aromatic N) is 2. The summed E-state index contributed by atoms with van der Waals surface area (Å²) in [5.41, 5.74) is 1.28. The van der Waals surface area contributed by atoms with Crippen LogP contribution in [0, 0.1) is 5.82 Å². The minimum atomic E-state index is -4.52. The average molecular weight is 530 g/mol. The van der Waals surface area contributed by atoms with E-state index in [-0.39, 0.29) is 75.2 Å². The van der Waals surface area contributed by atoms with Crippen LogP contribution in [0.4, 0.5) is 4.39 Å². The van der Waals surface area contributed by atoms with Gasteiger partial charge in [0.05, 0.1) is 24.3 Å². The minimum Gasteiger partial charge on any atom is -1.00 e. The monoisotopic (exact) mass is 529 g/mol. The number of nitrogens with one attached hydrogen (secondary N) is 1. The molecule has 0 aliphatic rings. The van der Waals surface area contributed by atoms with Gasteiger partial charge in [-0.25, -0.2) is 22.4 Å². The number of sulfonamides is 1. The van der Waals surface area contributed by atoms with Gasteiger partial charge in [-0.15, -0.1) is 4.49 Å². The molecule has 32 heavy (non-hydrogen) atoms. The van der Waals surface area contributed by atoms with Crippen molar-refractivity contribution >= 4 is 29.4 Å². The number of methoxy groups -OCH3 is 1. The molecule has 0 spiro atoms. The Kier molecular flexibility index (Phi) is 9.66. The van der Waals surface area contributed by atoms with Crippen LogP contribution in [0.2, 0.25) is 5.15 Å². The second kappa shape index (κ2) is 11.2. The molecule has 3 aromatic rings. The van der Waals surface area contributed by atoms with Gasteiger partial charge in [-0.1, -0.05) is 11.6 Å². The smallest absolute Gasteiger partial charge is 1.00 e. The van der Waals surface area contributed by atoms with Crippen molar-refractivity contribution in [3.63, 3.8) is 0 Å². The number of imidazole rings is 1. The van der Waals surface area contributed by atoms with E-state index in [1.54, 1.807) is 15.1 Å². The molecule has 14 heteroatoms. The van der Waals surface area contributed by atoms with Gasteiger partial charge >= 0.3 is 59.1 Å². The molecule has 1 heterocycles. The van der Waals surface area contributed by atoms with Gasteiger partial charge in [-0.3, -0.25) is 9.09 Å². The van der Waals surface area contributed by atoms with Gasteiger partial charge in [0.2, 0.25) is 10.0 Å². The van der Waals surface area contributed by atoms with Gasteiger partial charge < -0.3 is 11.1 Å². The van der Waals surface area contributed by atoms with Crippen molar-refractivity contribution in [2.75, 3.05) is 13.7 Å². The Morgan fingerprint density at radius 2 is 1.94 bits per heavy atom. The van der Waals surface area contributed by atoms with E-state index in [9.17, 15) is 22.3 Å². The molecule has 0 aliphatic heterocycles. The van der Waals surface area contributed by atoms with Crippen molar-refractivity contribution in [1.29, 1.82) is 0 Å². The van der Waals surface area contributed by atoms with Crippen molar-refractivity contribution in [3.05, 3.63) is 59.8 Å². The normalized spacial score (nSPS) is 13.3. The van der Waals surface area contributed by atoms with Crippen LogP contribution in [0.25, 0.3) is 16.9 Å². The SMILES string of the molecule is CCOP(=O)(O)NS(=O)(=O)c1ccc(-n2cnc(Cl)c2-c2ccc(OC)c(F)c2)cc1.[H-].[K+]. The predicted molar refractivity (Wildman–Crippen MR) is 113 cm³/mol. The summed E-state index contributed by atoms with van der Waals surface area (Å²) in [6.45, 7) is 1.31. The summed E-state index contributed by atoms with van der Waals surface area (Å²) in [5.74, 6) is -0.514. The Morgan fingerprint density at radius 1 is 1.28 bits per heavy atom. The molecule has 1 aromatic heterocycles. The van der Waals surface area contributed by atoms with Crippen LogP contribution in [0.3, 0.4) is 0 Å². The molecule has 3 rings (SSSR count). The molecule has 0 bridgehead atoms. The fourth-order valence-corrected chi connectivity index (χ4v) is 5.72. The van der Waals surface area contributed by atoms with Crippen LogP contribution in [0.1, 0.15) is 8.35 Å². The van der Waals surface area contributed by atoms with Gasteiger partial charge in [0.1, 0.15) is 6.33 Å². The van der Waals surface area contributed by atoms with Crippen LogP contribution in [0.15, 0.2) is 53.7 Å². The first kappa shape index (κ1) is 27.6. The van der Waals surface area contributed by atoms with Crippen LogP contribution in [-0.4, -0.2) is 36.6 Å². The third-order valence-corrected chi connectivity index (χ3v) is 7.77. The van der Waals surface area contributed by atoms with Gasteiger partial charge in [-0.05, 0) is 49.4 Å². The van der Waals surface area contributed by atoms with E-state index in [2.05, 4.69) is 9.51 Å². The predicted octanol–water partition coefficient (Wildman–Crippen LogP) is 0.872. The molecule has 0 amide bonds. The molecule has 0 saturated heterocycles. The molecule has 168 valence electrons. The molecule has 0 aliphatic carbocycles. The third-order valence-electron chi connectivity index (χ3n) is 4.11. The maximum Gasteiger partial charge on any atom is 1.00 e. The Labute approximate surface area is 233 Å². The molecule has 2 N–H and O–H groups in total. The molecular formula is C18H19ClFKN3O6PS. The number of hydrogen-bond donors (Lipinski definition) is 2. The van der Waals surface area contributed by atoms with Gasteiger partial charge in [-0.2, -0.15) is 0 Å². The first-order valence-electron chi connectivity index (χ1n) is 8.76. The van der Waals surface area contributed by atoms with Crippen molar-refractivity contribution in [1.82, 2.24) is 14.0 Å². The number of ether oxygens (including phenoxy) is 1. The van der Waals surface area contributed by atoms with Crippen LogP contribution in [-0.2, 0) is 19.1 Å². The average Bonchev–Trinajstić information content (AvgIpc) is 3.08. The van der Waals surface area contributed by atoms with E-state index in [0.29, 0.717) is 16.9 Å². The molecule has 1 atom stereocenters. The standard InChI is InChI=1S/C18H18ClFN3O6PS.K.H/c1-3-29-30(24,25)22-31(26,27)14-7-5-13(6-8-14)23-11-21-18(19)17(23)12-4-9-16(28-2)15(20)10-12;;/h4-11H,3H2,1-2H3,(H2,22,24,25);;/q;+1;-1. The zero-order valence-corrected chi connectivity index (χ0v) is 22.9. The third kappa shape index (κ3) is 6.27. The van der Waals surface area contributed by atoms with Crippen molar-refractivity contribution in [2.24, 2.45) is 0 Å². The second-order valence-corrected chi connectivity index (χ2v) is 10.00. The Morgan fingerprint density at radius 3 is 2.50 bits per heavy atom. The van der Waals surface area contributed by atoms with Crippen molar-refractivity contribution < 1.29 is 84.3 Å². The molecule has 9 nitrogen and oxygen atoms in total. The summed E-state index contributed by atoms with van der Waals surface area (Å²) in [4.78, 5) is 13.3. The summed E-state index contributed by atoms with van der Waals surface area (Å²) in [6.07, 6.45) is 1.40. The zero-order chi connectivity index (χ0) is 22.8. The Hall–Kier alpha value is -0.634. The Bertz CT molecular complexity index is 1260. The molecule has 2 aromatic carbocycles. The Balaban J connectivity index is 0.00000272. The summed E-state index contributed by atoms with van der Waals surface area (Å²) in [6, 6.07) is 9.65. The number of hydrogen-bond acceptors (Lipinski definition) is 6. The van der Waals surface area contributed by atoms with Crippen molar-refractivity contribution in [2.45, 2.75) is 11.8 Å². The maximum atomic E-state index is 14.2. The summed E-state index contributed by atoms with van der Waals surface area (Å²) < 4.78 is 63.2. The molecule has 1 unspecified atom stereocenters. The molecule has 0 radical (unpaired) electrons. The summed E-state index contributed by atoms with van der Waals surface area (Å²) in [5, 5.41) is 0.112. The van der Waals surface area contributed by atoms with Crippen LogP contribution >= 0.6 is 19.3 Å². The number of aromatic nitrogens is 2. The second-order valence-electron chi connectivity index (χ2n) is 6.13. The van der Waals surface area contributed by atoms with E-state index in [4.69, 9.17) is 16.3 Å². The fraction of sp³-hybridized carbons (Fsp3) is 0.167. The molecular weight excluding hydrogens is 511 g/mol. The minimum absolute atomic E-state index is 0. The number of benzene rings is 2. The van der Waals surface area contributed by atoms with Crippen molar-refractivity contribution in [3.8, 4) is 22.7 Å². The van der Waals surface area contributed by atoms with E-state index in [0.717, 1.165) is 0 Å². The van der Waals surface area contributed by atoms with Gasteiger partial charge in [0, 0.05) is 11.3 Å².